The molecule has 0 aliphatic carbocycles. The number of rotatable bonds is 6. The first-order valence-corrected chi connectivity index (χ1v) is 18.4. The number of halogens is 12. The minimum atomic E-state index is -7.53. The van der Waals surface area contributed by atoms with Crippen LogP contribution in [0.4, 0.5) is 58.4 Å². The fraction of sp³-hybridized carbons (Fsp3) is 0.211. The molecule has 17 heteroatoms. The zero-order chi connectivity index (χ0) is 39.9. The van der Waals surface area contributed by atoms with E-state index >= 15 is 52.7 Å². The van der Waals surface area contributed by atoms with E-state index in [0.29, 0.717) is 29.3 Å². The number of para-hydroxylation sites is 1. The van der Waals surface area contributed by atoms with E-state index in [-0.39, 0.29) is 11.3 Å². The number of nitrogens with zero attached hydrogens (tertiary/aromatic N) is 1. The molecular formula is C38H26F12NO3P. The summed E-state index contributed by atoms with van der Waals surface area (Å²) in [6, 6.07) is 22.3. The molecule has 0 radical (unpaired) electrons. The summed E-state index contributed by atoms with van der Waals surface area (Å²) in [4.78, 5) is 0. The second kappa shape index (κ2) is 12.4. The first-order valence-electron chi connectivity index (χ1n) is 16.2. The molecular weight excluding hydrogens is 777 g/mol. The molecule has 2 aliphatic rings. The number of hydrogen-bond donors (Lipinski definition) is 1. The molecule has 7 rings (SSSR count). The predicted octanol–water partition coefficient (Wildman–Crippen LogP) is 11.1. The molecule has 0 amide bonds. The Morgan fingerprint density at radius 3 is 1.16 bits per heavy atom. The van der Waals surface area contributed by atoms with Gasteiger partial charge in [-0.25, -0.2) is 0 Å². The number of alkyl halides is 12. The van der Waals surface area contributed by atoms with Gasteiger partial charge in [-0.1, -0.05) is 0 Å². The van der Waals surface area contributed by atoms with Gasteiger partial charge < -0.3 is 0 Å². The van der Waals surface area contributed by atoms with Crippen LogP contribution in [0.25, 0.3) is 0 Å². The number of fused-ring (bicyclic) bond motifs is 4. The van der Waals surface area contributed by atoms with Crippen molar-refractivity contribution in [1.82, 2.24) is 0 Å². The van der Waals surface area contributed by atoms with E-state index in [1.165, 1.54) is 78.9 Å². The van der Waals surface area contributed by atoms with E-state index < -0.39 is 82.0 Å². The zero-order valence-electron chi connectivity index (χ0n) is 27.6. The molecule has 55 heavy (non-hydrogen) atoms. The van der Waals surface area contributed by atoms with Crippen LogP contribution in [0.2, 0.25) is 0 Å². The second-order valence-corrected chi connectivity index (χ2v) is 16.9. The molecule has 0 unspecified atom stereocenters. The van der Waals surface area contributed by atoms with Crippen molar-refractivity contribution in [2.75, 3.05) is 5.06 Å². The van der Waals surface area contributed by atoms with E-state index in [1.807, 2.05) is 0 Å². The summed E-state index contributed by atoms with van der Waals surface area (Å²) in [6.07, 6.45) is -26.3. The van der Waals surface area contributed by atoms with Crippen molar-refractivity contribution < 1.29 is 66.9 Å². The quantitative estimate of drug-likeness (QED) is 0.105. The molecule has 5 aromatic carbocycles. The Labute approximate surface area is 304 Å². The van der Waals surface area contributed by atoms with Crippen LogP contribution >= 0.6 is 7.06 Å². The topological polar surface area (TPSA) is 41.9 Å². The van der Waals surface area contributed by atoms with E-state index in [0.717, 1.165) is 36.4 Å². The number of anilines is 1. The second-order valence-electron chi connectivity index (χ2n) is 13.0. The number of hydroxylamine groups is 1. The van der Waals surface area contributed by atoms with Gasteiger partial charge in [0, 0.05) is 0 Å². The zero-order valence-corrected chi connectivity index (χ0v) is 28.5. The van der Waals surface area contributed by atoms with E-state index in [9.17, 15) is 5.21 Å². The summed E-state index contributed by atoms with van der Waals surface area (Å²) < 4.78 is 199. The van der Waals surface area contributed by atoms with Crippen LogP contribution < -0.4 is 15.7 Å². The van der Waals surface area contributed by atoms with E-state index in [1.54, 1.807) is 0 Å². The van der Waals surface area contributed by atoms with Gasteiger partial charge in [0.05, 0.1) is 0 Å². The molecule has 0 bridgehead atoms. The first-order chi connectivity index (χ1) is 25.7. The van der Waals surface area contributed by atoms with Crippen LogP contribution in [0, 0.1) is 0 Å². The summed E-state index contributed by atoms with van der Waals surface area (Å²) in [6.45, 7) is 0. The van der Waals surface area contributed by atoms with Crippen molar-refractivity contribution in [3.8, 4) is 0 Å². The summed E-state index contributed by atoms with van der Waals surface area (Å²) in [5, 5.41) is 9.92. The van der Waals surface area contributed by atoms with Gasteiger partial charge in [0.15, 0.2) is 0 Å². The Kier molecular flexibility index (Phi) is 8.74. The third-order valence-corrected chi connectivity index (χ3v) is 15.6. The van der Waals surface area contributed by atoms with Crippen molar-refractivity contribution in [2.45, 2.75) is 47.6 Å². The third-order valence-electron chi connectivity index (χ3n) is 10.1. The Morgan fingerprint density at radius 2 is 0.782 bits per heavy atom. The molecule has 0 fully saturated rings. The fourth-order valence-electron chi connectivity index (χ4n) is 8.03. The van der Waals surface area contributed by atoms with Crippen LogP contribution in [-0.2, 0) is 20.2 Å². The van der Waals surface area contributed by atoms with E-state index in [4.69, 9.17) is 9.05 Å². The number of benzene rings is 5. The fourth-order valence-corrected chi connectivity index (χ4v) is 14.9. The molecule has 0 saturated carbocycles. The van der Waals surface area contributed by atoms with Crippen LogP contribution in [0.3, 0.4) is 0 Å². The van der Waals surface area contributed by atoms with Crippen molar-refractivity contribution in [1.29, 1.82) is 0 Å². The average molecular weight is 804 g/mol. The van der Waals surface area contributed by atoms with Crippen LogP contribution in [0.1, 0.15) is 34.0 Å². The van der Waals surface area contributed by atoms with Crippen LogP contribution in [-0.4, -0.2) is 29.9 Å². The molecule has 1 spiro atoms. The Morgan fingerprint density at radius 1 is 0.455 bits per heavy atom. The molecule has 0 saturated heterocycles. The molecule has 0 aromatic heterocycles. The van der Waals surface area contributed by atoms with Gasteiger partial charge in [-0.05, 0) is 0 Å². The molecule has 1 N–H and O–H groups in total. The third kappa shape index (κ3) is 5.10. The van der Waals surface area contributed by atoms with Crippen molar-refractivity contribution in [3.63, 3.8) is 0 Å². The SMILES string of the molecule is ON(c1ccccc1)[C@@H](c1ccccc1)[C@@H](c1ccccc1)P12(OC(C(F)(F)F)(C(F)(F)F)c3ccccc31)OC(C(F)(F)F)(C(F)(F)F)c1ccccc12. The van der Waals surface area contributed by atoms with Crippen LogP contribution in [0.15, 0.2) is 140 Å². The number of hydrogen-bond acceptors (Lipinski definition) is 4. The molecule has 290 valence electrons. The molecule has 2 heterocycles. The summed E-state index contributed by atoms with van der Waals surface area (Å²) in [5.41, 5.74) is -18.1. The Bertz CT molecular complexity index is 2080. The van der Waals surface area contributed by atoms with Crippen molar-refractivity contribution in [3.05, 3.63) is 162 Å². The maximum absolute atomic E-state index is 15.7. The van der Waals surface area contributed by atoms with Gasteiger partial charge in [-0.2, -0.15) is 0 Å². The van der Waals surface area contributed by atoms with Gasteiger partial charge in [-0.15, -0.1) is 0 Å². The molecule has 2 aliphatic heterocycles. The monoisotopic (exact) mass is 803 g/mol. The van der Waals surface area contributed by atoms with Gasteiger partial charge in [0.1, 0.15) is 0 Å². The van der Waals surface area contributed by atoms with Gasteiger partial charge in [-0.3, -0.25) is 0 Å². The molecule has 4 nitrogen and oxygen atoms in total. The van der Waals surface area contributed by atoms with Crippen LogP contribution in [0.5, 0.6) is 0 Å². The standard InChI is InChI=1S/C38H26F12NO3P/c39-35(40,41)33(36(42,43)44)27-20-10-12-22-29(27)55(53-33,30-23-13-11-21-28(30)34(54-55,37(45,46)47)38(48,49)50)32(25-16-6-2-7-17-25)31(24-14-4-1-5-15-24)51(52)26-18-8-3-9-19-26/h1-23,31-32,52H/t31-,32+/m0/s1. The van der Waals surface area contributed by atoms with Gasteiger partial charge >= 0.3 is 305 Å². The summed E-state index contributed by atoms with van der Waals surface area (Å²) in [7, 11) is -7.53. The van der Waals surface area contributed by atoms with Gasteiger partial charge in [0.2, 0.25) is 0 Å². The van der Waals surface area contributed by atoms with E-state index in [2.05, 4.69) is 0 Å². The Hall–Kier alpha value is -4.63. The molecule has 2 atom stereocenters. The van der Waals surface area contributed by atoms with Gasteiger partial charge in [0.25, 0.3) is 0 Å². The Balaban J connectivity index is 1.80. The summed E-state index contributed by atoms with van der Waals surface area (Å²) in [5.74, 6) is 0. The summed E-state index contributed by atoms with van der Waals surface area (Å²) >= 11 is 0. The molecule has 5 aromatic rings. The van der Waals surface area contributed by atoms with Crippen molar-refractivity contribution in [2.24, 2.45) is 0 Å². The minimum absolute atomic E-state index is 0.156. The van der Waals surface area contributed by atoms with Crippen molar-refractivity contribution >= 4 is 23.4 Å². The predicted molar refractivity (Wildman–Crippen MR) is 178 cm³/mol. The maximum atomic E-state index is 15.7. The first kappa shape index (κ1) is 38.6. The normalized spacial score (nSPS) is 20.1. The average Bonchev–Trinajstić information content (AvgIpc) is 3.59.